The Hall–Kier alpha value is -1.68. The first-order valence-electron chi connectivity index (χ1n) is 6.89. The molecule has 0 radical (unpaired) electrons. The van der Waals surface area contributed by atoms with Crippen molar-refractivity contribution in [3.8, 4) is 0 Å². The summed E-state index contributed by atoms with van der Waals surface area (Å²) in [7, 11) is -3.89. The smallest absolute Gasteiger partial charge is 0.345 e. The molecule has 0 aromatic carbocycles. The quantitative estimate of drug-likeness (QED) is 0.316. The second kappa shape index (κ2) is 8.82. The number of hydrogen-bond acceptors (Lipinski definition) is 7. The average Bonchev–Trinajstić information content (AvgIpc) is 2.38. The Kier molecular flexibility index (Phi) is 8.18. The number of esters is 1. The van der Waals surface area contributed by atoms with Gasteiger partial charge in [0, 0.05) is 25.8 Å². The first kappa shape index (κ1) is 21.3. The molecule has 0 unspecified atom stereocenters. The van der Waals surface area contributed by atoms with Crippen LogP contribution in [0.25, 0.3) is 0 Å². The average molecular weight is 353 g/mol. The summed E-state index contributed by atoms with van der Waals surface area (Å²) in [4.78, 5) is 32.8. The molecule has 134 valence electrons. The standard InChI is InChI=1S/C13H23NO8S/c1-9(15)14-6-5-7-23(19,20)21-8-13(3,4)11(12(17)18)22-10(2)16/h11H,5-8H2,1-4H3,(H,14,15)(H,17,18)/t11-/m0/s1. The van der Waals surface area contributed by atoms with Crippen molar-refractivity contribution >= 4 is 28.0 Å². The molecule has 0 aromatic rings. The van der Waals surface area contributed by atoms with E-state index in [1.807, 2.05) is 0 Å². The van der Waals surface area contributed by atoms with Crippen LogP contribution in [0, 0.1) is 5.41 Å². The molecule has 10 heteroatoms. The van der Waals surface area contributed by atoms with Crippen molar-refractivity contribution in [3.05, 3.63) is 0 Å². The number of rotatable bonds is 10. The zero-order valence-electron chi connectivity index (χ0n) is 13.6. The van der Waals surface area contributed by atoms with E-state index in [-0.39, 0.29) is 24.6 Å². The maximum atomic E-state index is 11.7. The Morgan fingerprint density at radius 3 is 2.22 bits per heavy atom. The van der Waals surface area contributed by atoms with Gasteiger partial charge in [-0.15, -0.1) is 0 Å². The van der Waals surface area contributed by atoms with Crippen molar-refractivity contribution < 1.29 is 36.8 Å². The van der Waals surface area contributed by atoms with Crippen LogP contribution < -0.4 is 5.32 Å². The fourth-order valence-corrected chi connectivity index (χ4v) is 2.70. The van der Waals surface area contributed by atoms with E-state index >= 15 is 0 Å². The normalized spacial score (nSPS) is 13.2. The summed E-state index contributed by atoms with van der Waals surface area (Å²) < 4.78 is 33.0. The van der Waals surface area contributed by atoms with Crippen molar-refractivity contribution in [2.24, 2.45) is 5.41 Å². The molecule has 23 heavy (non-hydrogen) atoms. The van der Waals surface area contributed by atoms with E-state index in [9.17, 15) is 22.8 Å². The van der Waals surface area contributed by atoms with Gasteiger partial charge in [0.1, 0.15) is 0 Å². The molecule has 0 aliphatic rings. The first-order chi connectivity index (χ1) is 10.4. The maximum Gasteiger partial charge on any atom is 0.345 e. The summed E-state index contributed by atoms with van der Waals surface area (Å²) in [5.74, 6) is -2.77. The predicted octanol–water partition coefficient (Wildman–Crippen LogP) is -0.0985. The molecule has 0 aliphatic carbocycles. The summed E-state index contributed by atoms with van der Waals surface area (Å²) in [5, 5.41) is 11.5. The van der Waals surface area contributed by atoms with Crippen LogP contribution in [0.2, 0.25) is 0 Å². The molecule has 0 saturated heterocycles. The lowest BCUT2D eigenvalue weighted by Crippen LogP contribution is -2.43. The van der Waals surface area contributed by atoms with Gasteiger partial charge < -0.3 is 15.2 Å². The van der Waals surface area contributed by atoms with Gasteiger partial charge in [-0.2, -0.15) is 8.42 Å². The fraction of sp³-hybridized carbons (Fsp3) is 0.769. The Morgan fingerprint density at radius 1 is 1.22 bits per heavy atom. The van der Waals surface area contributed by atoms with E-state index < -0.39 is 40.2 Å². The molecule has 0 bridgehead atoms. The number of nitrogens with one attached hydrogen (secondary N) is 1. The van der Waals surface area contributed by atoms with E-state index in [1.165, 1.54) is 20.8 Å². The minimum Gasteiger partial charge on any atom is -0.478 e. The van der Waals surface area contributed by atoms with Gasteiger partial charge in [0.2, 0.25) is 12.0 Å². The molecule has 1 amide bonds. The van der Waals surface area contributed by atoms with Crippen LogP contribution in [-0.2, 0) is 33.4 Å². The van der Waals surface area contributed by atoms with Crippen LogP contribution in [-0.4, -0.2) is 56.4 Å². The number of carboxylic acids is 1. The molecule has 0 saturated carbocycles. The zero-order chi connectivity index (χ0) is 18.3. The van der Waals surface area contributed by atoms with Gasteiger partial charge in [0.25, 0.3) is 10.1 Å². The van der Waals surface area contributed by atoms with Crippen molar-refractivity contribution in [3.63, 3.8) is 0 Å². The second-order valence-corrected chi connectivity index (χ2v) is 7.44. The van der Waals surface area contributed by atoms with Gasteiger partial charge in [0.05, 0.1) is 12.4 Å². The summed E-state index contributed by atoms with van der Waals surface area (Å²) in [5.41, 5.74) is -1.25. The third-order valence-electron chi connectivity index (χ3n) is 2.77. The van der Waals surface area contributed by atoms with Gasteiger partial charge in [-0.25, -0.2) is 4.79 Å². The minimum absolute atomic E-state index is 0.161. The first-order valence-corrected chi connectivity index (χ1v) is 8.46. The SMILES string of the molecule is CC(=O)NCCCS(=O)(=O)OCC(C)(C)[C@@H](OC(C)=O)C(=O)O. The predicted molar refractivity (Wildman–Crippen MR) is 80.0 cm³/mol. The summed E-state index contributed by atoms with van der Waals surface area (Å²) >= 11 is 0. The van der Waals surface area contributed by atoms with E-state index in [0.29, 0.717) is 0 Å². The zero-order valence-corrected chi connectivity index (χ0v) is 14.4. The molecule has 0 spiro atoms. The Labute approximate surface area is 135 Å². The number of hydrogen-bond donors (Lipinski definition) is 2. The third kappa shape index (κ3) is 9.14. The Morgan fingerprint density at radius 2 is 1.78 bits per heavy atom. The van der Waals surface area contributed by atoms with Crippen LogP contribution in [0.5, 0.6) is 0 Å². The van der Waals surface area contributed by atoms with Gasteiger partial charge in [-0.1, -0.05) is 13.8 Å². The molecule has 0 heterocycles. The summed E-state index contributed by atoms with van der Waals surface area (Å²) in [6, 6.07) is 0. The molecule has 0 aliphatic heterocycles. The number of carbonyl (C=O) groups excluding carboxylic acids is 2. The van der Waals surface area contributed by atoms with Gasteiger partial charge in [0.15, 0.2) is 0 Å². The van der Waals surface area contributed by atoms with Gasteiger partial charge in [-0.05, 0) is 6.42 Å². The van der Waals surface area contributed by atoms with Crippen LogP contribution in [0.15, 0.2) is 0 Å². The Bertz CT molecular complexity index is 540. The molecule has 0 rings (SSSR count). The molecule has 0 fully saturated rings. The van der Waals surface area contributed by atoms with Crippen molar-refractivity contribution in [2.75, 3.05) is 18.9 Å². The lowest BCUT2D eigenvalue weighted by Gasteiger charge is -2.29. The van der Waals surface area contributed by atoms with E-state index in [2.05, 4.69) is 5.32 Å². The van der Waals surface area contributed by atoms with Crippen molar-refractivity contribution in [1.82, 2.24) is 5.32 Å². The lowest BCUT2D eigenvalue weighted by molar-refractivity contribution is -0.172. The number of carbonyl (C=O) groups is 3. The number of ether oxygens (including phenoxy) is 1. The van der Waals surface area contributed by atoms with E-state index in [1.54, 1.807) is 0 Å². The van der Waals surface area contributed by atoms with Crippen LogP contribution in [0.1, 0.15) is 34.1 Å². The molecular formula is C13H23NO8S. The lowest BCUT2D eigenvalue weighted by atomic mass is 9.87. The highest BCUT2D eigenvalue weighted by Crippen LogP contribution is 2.25. The van der Waals surface area contributed by atoms with Crippen molar-refractivity contribution in [1.29, 1.82) is 0 Å². The monoisotopic (exact) mass is 353 g/mol. The van der Waals surface area contributed by atoms with E-state index in [4.69, 9.17) is 14.0 Å². The van der Waals surface area contributed by atoms with Gasteiger partial charge >= 0.3 is 11.9 Å². The molecule has 2 N–H and O–H groups in total. The molecular weight excluding hydrogens is 330 g/mol. The third-order valence-corrected chi connectivity index (χ3v) is 4.04. The summed E-state index contributed by atoms with van der Waals surface area (Å²) in [6.45, 7) is 4.94. The number of carboxylic acid groups (broad SMARTS) is 1. The topological polar surface area (TPSA) is 136 Å². The second-order valence-electron chi connectivity index (χ2n) is 5.68. The van der Waals surface area contributed by atoms with Crippen molar-refractivity contribution in [2.45, 2.75) is 40.2 Å². The number of amides is 1. The molecule has 9 nitrogen and oxygen atoms in total. The molecule has 0 aromatic heterocycles. The molecule has 1 atom stereocenters. The minimum atomic E-state index is -3.89. The highest BCUT2D eigenvalue weighted by atomic mass is 32.2. The summed E-state index contributed by atoms with van der Waals surface area (Å²) in [6.07, 6.45) is -1.37. The van der Waals surface area contributed by atoms with Crippen LogP contribution >= 0.6 is 0 Å². The number of aliphatic carboxylic acids is 1. The fourth-order valence-electron chi connectivity index (χ4n) is 1.60. The maximum absolute atomic E-state index is 11.7. The highest BCUT2D eigenvalue weighted by molar-refractivity contribution is 7.86. The van der Waals surface area contributed by atoms with Gasteiger partial charge in [-0.3, -0.25) is 13.8 Å². The largest absolute Gasteiger partial charge is 0.478 e. The highest BCUT2D eigenvalue weighted by Gasteiger charge is 2.39. The van der Waals surface area contributed by atoms with Crippen LogP contribution in [0.3, 0.4) is 0 Å². The Balaban J connectivity index is 4.62. The van der Waals surface area contributed by atoms with Crippen LogP contribution in [0.4, 0.5) is 0 Å². The van der Waals surface area contributed by atoms with E-state index in [0.717, 1.165) is 6.92 Å².